The molecule has 3 rings (SSSR count). The van der Waals surface area contributed by atoms with Gasteiger partial charge in [-0.3, -0.25) is 0 Å². The topological polar surface area (TPSA) is 59.1 Å². The largest absolute Gasteiger partial charge is 0.417 e. The quantitative estimate of drug-likeness (QED) is 0.430. The summed E-state index contributed by atoms with van der Waals surface area (Å²) in [5, 5.41) is 2.31. The molecule has 0 aliphatic heterocycles. The molecule has 29 heavy (non-hydrogen) atoms. The first kappa shape index (κ1) is 22.2. The molecular weight excluding hydrogens is 492 g/mol. The summed E-state index contributed by atoms with van der Waals surface area (Å²) in [6.45, 7) is 0.0203. The Hall–Kier alpha value is -1.52. The summed E-state index contributed by atoms with van der Waals surface area (Å²) in [4.78, 5) is 3.91. The Morgan fingerprint density at radius 1 is 1.07 bits per heavy atom. The molecule has 0 aliphatic carbocycles. The Labute approximate surface area is 183 Å². The molecular formula is C17H10Cl3F3N2O2S2. The van der Waals surface area contributed by atoms with Crippen LogP contribution in [-0.4, -0.2) is 13.4 Å². The average Bonchev–Trinajstić information content (AvgIpc) is 3.05. The van der Waals surface area contributed by atoms with Gasteiger partial charge >= 0.3 is 6.18 Å². The van der Waals surface area contributed by atoms with Crippen LogP contribution < -0.4 is 5.32 Å². The Morgan fingerprint density at radius 3 is 2.28 bits per heavy atom. The van der Waals surface area contributed by atoms with E-state index in [0.717, 1.165) is 17.4 Å². The third-order valence-corrected chi connectivity index (χ3v) is 7.26. The molecule has 0 aliphatic rings. The van der Waals surface area contributed by atoms with E-state index in [9.17, 15) is 21.6 Å². The zero-order chi connectivity index (χ0) is 21.4. The Kier molecular flexibility index (Phi) is 6.35. The van der Waals surface area contributed by atoms with E-state index in [-0.39, 0.29) is 21.6 Å². The SMILES string of the molecule is O=S(=O)(c1ccc(Cl)cc1)c1cc(Cl)c(C(F)(F)F)cc1NCc1cnc(Cl)s1. The maximum absolute atomic E-state index is 13.3. The molecule has 0 bridgehead atoms. The number of hydrogen-bond donors (Lipinski definition) is 1. The van der Waals surface area contributed by atoms with Crippen molar-refractivity contribution < 1.29 is 21.6 Å². The lowest BCUT2D eigenvalue weighted by Gasteiger charge is -2.17. The number of nitrogens with one attached hydrogen (secondary N) is 1. The number of sulfone groups is 1. The summed E-state index contributed by atoms with van der Waals surface area (Å²) in [6.07, 6.45) is -3.32. The smallest absolute Gasteiger partial charge is 0.379 e. The van der Waals surface area contributed by atoms with Crippen LogP contribution in [0.25, 0.3) is 0 Å². The van der Waals surface area contributed by atoms with Gasteiger partial charge in [0.1, 0.15) is 0 Å². The molecule has 4 nitrogen and oxygen atoms in total. The molecule has 3 aromatic rings. The van der Waals surface area contributed by atoms with Crippen molar-refractivity contribution in [2.24, 2.45) is 0 Å². The van der Waals surface area contributed by atoms with Crippen molar-refractivity contribution in [3.8, 4) is 0 Å². The van der Waals surface area contributed by atoms with Crippen molar-refractivity contribution >= 4 is 61.7 Å². The van der Waals surface area contributed by atoms with Crippen molar-refractivity contribution in [3.63, 3.8) is 0 Å². The Balaban J connectivity index is 2.11. The molecule has 1 N–H and O–H groups in total. The summed E-state index contributed by atoms with van der Waals surface area (Å²) >= 11 is 18.4. The fraction of sp³-hybridized carbons (Fsp3) is 0.118. The van der Waals surface area contributed by atoms with Crippen LogP contribution in [0.4, 0.5) is 18.9 Å². The van der Waals surface area contributed by atoms with E-state index in [1.807, 2.05) is 0 Å². The number of benzene rings is 2. The predicted octanol–water partition coefficient (Wildman–Crippen LogP) is 6.57. The number of thiazole rings is 1. The summed E-state index contributed by atoms with van der Waals surface area (Å²) in [7, 11) is -4.18. The van der Waals surface area contributed by atoms with Gasteiger partial charge in [0.2, 0.25) is 9.84 Å². The van der Waals surface area contributed by atoms with Crippen LogP contribution in [0, 0.1) is 0 Å². The third kappa shape index (κ3) is 4.97. The first-order valence-corrected chi connectivity index (χ1v) is 11.2. The molecule has 0 saturated heterocycles. The number of nitrogens with zero attached hydrogens (tertiary/aromatic N) is 1. The van der Waals surface area contributed by atoms with Gasteiger partial charge in [0.15, 0.2) is 4.47 Å². The Bertz CT molecular complexity index is 1150. The van der Waals surface area contributed by atoms with Crippen molar-refractivity contribution in [2.45, 2.75) is 22.5 Å². The van der Waals surface area contributed by atoms with Crippen LogP contribution in [0.1, 0.15) is 10.4 Å². The van der Waals surface area contributed by atoms with E-state index in [4.69, 9.17) is 34.8 Å². The minimum atomic E-state index is -4.76. The van der Waals surface area contributed by atoms with Crippen molar-refractivity contribution in [2.75, 3.05) is 5.32 Å². The highest BCUT2D eigenvalue weighted by atomic mass is 35.5. The molecule has 0 unspecified atom stereocenters. The van der Waals surface area contributed by atoms with Crippen LogP contribution in [0.5, 0.6) is 0 Å². The summed E-state index contributed by atoms with van der Waals surface area (Å²) in [5.74, 6) is 0. The third-order valence-electron chi connectivity index (χ3n) is 3.77. The highest BCUT2D eigenvalue weighted by Crippen LogP contribution is 2.40. The minimum absolute atomic E-state index is 0.0203. The molecule has 0 spiro atoms. The van der Waals surface area contributed by atoms with Crippen LogP contribution in [0.3, 0.4) is 0 Å². The van der Waals surface area contributed by atoms with Crippen LogP contribution in [0.2, 0.25) is 14.5 Å². The molecule has 0 radical (unpaired) electrons. The summed E-state index contributed by atoms with van der Waals surface area (Å²) in [5.41, 5.74) is -1.40. The second-order valence-corrected chi connectivity index (χ2v) is 10.2. The van der Waals surface area contributed by atoms with Crippen molar-refractivity contribution in [3.05, 3.63) is 67.5 Å². The van der Waals surface area contributed by atoms with Crippen molar-refractivity contribution in [1.82, 2.24) is 4.98 Å². The number of anilines is 1. The van der Waals surface area contributed by atoms with Gasteiger partial charge in [0.25, 0.3) is 0 Å². The lowest BCUT2D eigenvalue weighted by Crippen LogP contribution is -2.12. The zero-order valence-corrected chi connectivity index (χ0v) is 18.0. The lowest BCUT2D eigenvalue weighted by molar-refractivity contribution is -0.137. The van der Waals surface area contributed by atoms with Gasteiger partial charge in [-0.05, 0) is 36.4 Å². The highest BCUT2D eigenvalue weighted by Gasteiger charge is 2.35. The molecule has 1 aromatic heterocycles. The average molecular weight is 502 g/mol. The van der Waals surface area contributed by atoms with Crippen molar-refractivity contribution in [1.29, 1.82) is 0 Å². The second kappa shape index (κ2) is 8.31. The maximum Gasteiger partial charge on any atom is 0.417 e. The number of alkyl halides is 3. The first-order chi connectivity index (χ1) is 13.5. The van der Waals surface area contributed by atoms with Gasteiger partial charge in [0.05, 0.1) is 32.6 Å². The molecule has 0 atom stereocenters. The fourth-order valence-electron chi connectivity index (χ4n) is 2.42. The Morgan fingerprint density at radius 2 is 1.72 bits per heavy atom. The zero-order valence-electron chi connectivity index (χ0n) is 14.1. The number of aromatic nitrogens is 1. The normalized spacial score (nSPS) is 12.2. The summed E-state index contributed by atoms with van der Waals surface area (Å²) in [6, 6.07) is 6.72. The van der Waals surface area contributed by atoms with Gasteiger partial charge in [-0.15, -0.1) is 11.3 Å². The predicted molar refractivity (Wildman–Crippen MR) is 108 cm³/mol. The van der Waals surface area contributed by atoms with Gasteiger partial charge in [-0.1, -0.05) is 34.8 Å². The number of rotatable bonds is 5. The molecule has 0 saturated carbocycles. The highest BCUT2D eigenvalue weighted by molar-refractivity contribution is 7.91. The molecule has 12 heteroatoms. The fourth-order valence-corrected chi connectivity index (χ4v) is 5.24. The minimum Gasteiger partial charge on any atom is -0.379 e. The van der Waals surface area contributed by atoms with Crippen LogP contribution in [-0.2, 0) is 22.6 Å². The van der Waals surface area contributed by atoms with E-state index in [0.29, 0.717) is 16.0 Å². The van der Waals surface area contributed by atoms with E-state index >= 15 is 0 Å². The number of hydrogen-bond acceptors (Lipinski definition) is 5. The standard InChI is InChI=1S/C17H10Cl3F3N2O2S2/c18-9-1-3-11(4-2-9)29(26,27)15-6-13(19)12(17(21,22)23)5-14(15)24-7-10-8-25-16(20)28-10/h1-6,8,24H,7H2. The van der Waals surface area contributed by atoms with Gasteiger partial charge in [0, 0.05) is 16.1 Å². The van der Waals surface area contributed by atoms with Crippen LogP contribution in [0.15, 0.2) is 52.4 Å². The molecule has 154 valence electrons. The van der Waals surface area contributed by atoms with E-state index in [2.05, 4.69) is 10.3 Å². The van der Waals surface area contributed by atoms with Gasteiger partial charge in [-0.25, -0.2) is 13.4 Å². The lowest BCUT2D eigenvalue weighted by atomic mass is 10.2. The van der Waals surface area contributed by atoms with E-state index in [1.54, 1.807) is 0 Å². The molecule has 2 aromatic carbocycles. The second-order valence-electron chi connectivity index (χ2n) is 5.72. The number of halogens is 6. The monoisotopic (exact) mass is 500 g/mol. The van der Waals surface area contributed by atoms with Crippen LogP contribution >= 0.6 is 46.1 Å². The van der Waals surface area contributed by atoms with Gasteiger partial charge in [-0.2, -0.15) is 13.2 Å². The summed E-state index contributed by atoms with van der Waals surface area (Å²) < 4.78 is 66.2. The molecule has 0 amide bonds. The maximum atomic E-state index is 13.3. The van der Waals surface area contributed by atoms with Gasteiger partial charge < -0.3 is 5.32 Å². The van der Waals surface area contributed by atoms with E-state index in [1.165, 1.54) is 30.5 Å². The molecule has 1 heterocycles. The molecule has 0 fully saturated rings. The first-order valence-electron chi connectivity index (χ1n) is 7.74. The van der Waals surface area contributed by atoms with E-state index < -0.39 is 31.5 Å².